The molecule has 0 unspecified atom stereocenters. The molecule has 0 saturated carbocycles. The van der Waals surface area contributed by atoms with E-state index in [4.69, 9.17) is 15.2 Å². The Morgan fingerprint density at radius 1 is 1.02 bits per heavy atom. The van der Waals surface area contributed by atoms with Crippen LogP contribution in [-0.4, -0.2) is 81.6 Å². The van der Waals surface area contributed by atoms with Gasteiger partial charge in [0.2, 0.25) is 6.41 Å². The molecule has 216 valence electrons. The summed E-state index contributed by atoms with van der Waals surface area (Å²) in [6.07, 6.45) is 10.0. The molecule has 11 nitrogen and oxygen atoms in total. The summed E-state index contributed by atoms with van der Waals surface area (Å²) in [6.45, 7) is 4.51. The van der Waals surface area contributed by atoms with E-state index in [1.807, 2.05) is 12.4 Å². The highest BCUT2D eigenvalue weighted by atomic mass is 16.5. The molecule has 2 aromatic heterocycles. The lowest BCUT2D eigenvalue weighted by Crippen LogP contribution is -2.29. The number of carbonyl (C=O) groups is 2. The average Bonchev–Trinajstić information content (AvgIpc) is 3.00. The zero-order valence-electron chi connectivity index (χ0n) is 23.1. The molecule has 3 aromatic rings. The highest BCUT2D eigenvalue weighted by molar-refractivity contribution is 5.93. The number of esters is 1. The first-order valence-corrected chi connectivity index (χ1v) is 13.5. The Labute approximate surface area is 234 Å². The van der Waals surface area contributed by atoms with Crippen molar-refractivity contribution in [3.05, 3.63) is 65.3 Å². The fourth-order valence-corrected chi connectivity index (χ4v) is 4.31. The van der Waals surface area contributed by atoms with E-state index in [0.717, 1.165) is 0 Å². The molecule has 3 heterocycles. The number of hydrogen-bond acceptors (Lipinski definition) is 9. The van der Waals surface area contributed by atoms with Crippen molar-refractivity contribution in [2.75, 3.05) is 69.5 Å². The molecule has 0 atom stereocenters. The number of hydrogen-bond donors (Lipinski definition) is 1. The molecule has 1 aromatic carbocycles. The maximum Gasteiger partial charge on any atom is 0.325 e. The van der Waals surface area contributed by atoms with Crippen LogP contribution in [0.4, 0.5) is 11.4 Å². The van der Waals surface area contributed by atoms with Crippen LogP contribution < -0.4 is 21.1 Å². The lowest BCUT2D eigenvalue weighted by molar-refractivity contribution is -0.141. The molecule has 4 rings (SSSR count). The number of amides is 1. The molecule has 2 N–H and O–H groups in total. The smallest absolute Gasteiger partial charge is 0.325 e. The van der Waals surface area contributed by atoms with E-state index >= 15 is 0 Å². The molecule has 1 saturated heterocycles. The Bertz CT molecular complexity index is 1260. The maximum atomic E-state index is 11.7. The number of ether oxygens (including phenoxy) is 3. The summed E-state index contributed by atoms with van der Waals surface area (Å²) < 4.78 is 16.2. The lowest BCUT2D eigenvalue weighted by atomic mass is 10.1. The quantitative estimate of drug-likeness (QED) is 0.192. The molecule has 1 fully saturated rings. The molecule has 0 spiro atoms. The van der Waals surface area contributed by atoms with E-state index in [2.05, 4.69) is 38.9 Å². The second kappa shape index (κ2) is 17.0. The number of rotatable bonds is 13. The van der Waals surface area contributed by atoms with Crippen molar-refractivity contribution in [3.8, 4) is 0 Å². The van der Waals surface area contributed by atoms with E-state index in [9.17, 15) is 14.4 Å². The Morgan fingerprint density at radius 2 is 1.77 bits per heavy atom. The maximum absolute atomic E-state index is 11.7. The number of anilines is 2. The van der Waals surface area contributed by atoms with Crippen molar-refractivity contribution < 1.29 is 23.8 Å². The third kappa shape index (κ3) is 9.44. The van der Waals surface area contributed by atoms with Gasteiger partial charge >= 0.3 is 5.97 Å². The fraction of sp³-hybridized carbons (Fsp3) is 0.448. The molecule has 1 aliphatic heterocycles. The number of nitrogens with two attached hydrogens (primary N) is 1. The van der Waals surface area contributed by atoms with Gasteiger partial charge in [0.1, 0.15) is 6.54 Å². The number of fused-ring (bicyclic) bond motifs is 1. The summed E-state index contributed by atoms with van der Waals surface area (Å²) in [7, 11) is 1.24. The van der Waals surface area contributed by atoms with E-state index in [1.165, 1.54) is 83.7 Å². The number of methoxy groups -OCH3 is 1. The molecule has 1 aliphatic rings. The second-order valence-corrected chi connectivity index (χ2v) is 9.17. The van der Waals surface area contributed by atoms with Gasteiger partial charge in [-0.05, 0) is 25.3 Å². The Hall–Kier alpha value is -3.80. The van der Waals surface area contributed by atoms with Crippen LogP contribution in [0.1, 0.15) is 19.3 Å². The van der Waals surface area contributed by atoms with Crippen LogP contribution in [0.2, 0.25) is 0 Å². The van der Waals surface area contributed by atoms with Gasteiger partial charge in [0, 0.05) is 55.4 Å². The summed E-state index contributed by atoms with van der Waals surface area (Å²) >= 11 is 0. The SMILES string of the molecule is COC(=O)Cn1cc(N(C=O)CCOCCOCCN)ccc1=O.c1ccc2c(N3CCCCC3)cncc2c1. The predicted molar refractivity (Wildman–Crippen MR) is 155 cm³/mol. The van der Waals surface area contributed by atoms with E-state index < -0.39 is 5.97 Å². The predicted octanol–water partition coefficient (Wildman–Crippen LogP) is 2.20. The van der Waals surface area contributed by atoms with Crippen molar-refractivity contribution >= 4 is 34.5 Å². The molecular formula is C29H39N5O6. The molecular weight excluding hydrogens is 514 g/mol. The average molecular weight is 554 g/mol. The van der Waals surface area contributed by atoms with E-state index in [0.29, 0.717) is 51.6 Å². The standard InChI is InChI=1S/C15H23N3O6.C14H16N2/c1-22-15(21)11-18-10-13(2-3-14(18)20)17(12-19)5-7-24-9-8-23-6-4-16;1-4-8-16(9-5-1)14-11-15-10-12-6-2-3-7-13(12)14/h2-3,10,12H,4-9,11,16H2,1H3;2-3,6-7,10-11H,1,4-5,8-9H2. The highest BCUT2D eigenvalue weighted by Crippen LogP contribution is 2.27. The second-order valence-electron chi connectivity index (χ2n) is 9.17. The molecule has 0 aliphatic carbocycles. The summed E-state index contributed by atoms with van der Waals surface area (Å²) in [5.41, 5.74) is 6.72. The number of piperidine rings is 1. The number of benzene rings is 1. The van der Waals surface area contributed by atoms with Crippen molar-refractivity contribution in [1.29, 1.82) is 0 Å². The molecule has 1 amide bonds. The van der Waals surface area contributed by atoms with E-state index in [-0.39, 0.29) is 12.1 Å². The minimum Gasteiger partial charge on any atom is -0.468 e. The van der Waals surface area contributed by atoms with Crippen LogP contribution in [0, 0.1) is 0 Å². The minimum atomic E-state index is -0.548. The monoisotopic (exact) mass is 553 g/mol. The van der Waals surface area contributed by atoms with Gasteiger partial charge in [-0.1, -0.05) is 24.3 Å². The van der Waals surface area contributed by atoms with Gasteiger partial charge < -0.3 is 34.3 Å². The number of nitrogens with zero attached hydrogens (tertiary/aromatic N) is 4. The first kappa shape index (κ1) is 30.7. The number of pyridine rings is 2. The van der Waals surface area contributed by atoms with Gasteiger partial charge in [-0.25, -0.2) is 0 Å². The van der Waals surface area contributed by atoms with Crippen molar-refractivity contribution in [3.63, 3.8) is 0 Å². The summed E-state index contributed by atoms with van der Waals surface area (Å²) in [6, 6.07) is 11.3. The van der Waals surface area contributed by atoms with Crippen LogP contribution in [0.25, 0.3) is 10.8 Å². The Kier molecular flexibility index (Phi) is 13.1. The van der Waals surface area contributed by atoms with Crippen molar-refractivity contribution in [1.82, 2.24) is 9.55 Å². The van der Waals surface area contributed by atoms with Crippen LogP contribution in [-0.2, 0) is 30.3 Å². The summed E-state index contributed by atoms with van der Waals surface area (Å²) in [5, 5.41) is 2.57. The molecule has 40 heavy (non-hydrogen) atoms. The van der Waals surface area contributed by atoms with Crippen LogP contribution >= 0.6 is 0 Å². The van der Waals surface area contributed by atoms with Gasteiger partial charge in [0.15, 0.2) is 0 Å². The molecule has 0 bridgehead atoms. The topological polar surface area (TPSA) is 129 Å². The van der Waals surface area contributed by atoms with Gasteiger partial charge in [-0.15, -0.1) is 0 Å². The minimum absolute atomic E-state index is 0.217. The first-order valence-electron chi connectivity index (χ1n) is 13.5. The fourth-order valence-electron chi connectivity index (χ4n) is 4.31. The number of aromatic nitrogens is 2. The normalized spacial score (nSPS) is 12.9. The largest absolute Gasteiger partial charge is 0.468 e. The highest BCUT2D eigenvalue weighted by Gasteiger charge is 2.13. The third-order valence-electron chi connectivity index (χ3n) is 6.41. The first-order chi connectivity index (χ1) is 19.6. The van der Waals surface area contributed by atoms with Gasteiger partial charge in [0.25, 0.3) is 5.56 Å². The summed E-state index contributed by atoms with van der Waals surface area (Å²) in [5.74, 6) is -0.548. The summed E-state index contributed by atoms with van der Waals surface area (Å²) in [4.78, 5) is 42.5. The van der Waals surface area contributed by atoms with Crippen LogP contribution in [0.3, 0.4) is 0 Å². The molecule has 0 radical (unpaired) electrons. The zero-order chi connectivity index (χ0) is 28.6. The number of carbonyl (C=O) groups excluding carboxylic acids is 2. The zero-order valence-corrected chi connectivity index (χ0v) is 23.1. The van der Waals surface area contributed by atoms with Gasteiger partial charge in [-0.3, -0.25) is 19.4 Å². The van der Waals surface area contributed by atoms with Crippen molar-refractivity contribution in [2.24, 2.45) is 5.73 Å². The van der Waals surface area contributed by atoms with Gasteiger partial charge in [-0.2, -0.15) is 0 Å². The Morgan fingerprint density at radius 3 is 2.50 bits per heavy atom. The lowest BCUT2D eigenvalue weighted by Gasteiger charge is -2.29. The van der Waals surface area contributed by atoms with Crippen molar-refractivity contribution in [2.45, 2.75) is 25.8 Å². The Balaban J connectivity index is 0.000000236. The van der Waals surface area contributed by atoms with Crippen LogP contribution in [0.5, 0.6) is 0 Å². The van der Waals surface area contributed by atoms with E-state index in [1.54, 1.807) is 0 Å². The van der Waals surface area contributed by atoms with Crippen LogP contribution in [0.15, 0.2) is 59.8 Å². The molecule has 11 heteroatoms. The third-order valence-corrected chi connectivity index (χ3v) is 6.41. The van der Waals surface area contributed by atoms with Gasteiger partial charge in [0.05, 0.1) is 51.1 Å².